The number of hydrogen-bond acceptors (Lipinski definition) is 6. The van der Waals surface area contributed by atoms with Gasteiger partial charge in [-0.3, -0.25) is 9.59 Å². The average molecular weight is 461 g/mol. The van der Waals surface area contributed by atoms with E-state index in [-0.39, 0.29) is 24.4 Å². The van der Waals surface area contributed by atoms with Crippen LogP contribution in [0.5, 0.6) is 0 Å². The van der Waals surface area contributed by atoms with E-state index in [1.165, 1.54) is 6.07 Å². The first-order valence-corrected chi connectivity index (χ1v) is 10.8. The molecule has 5 rings (SSSR count). The second-order valence-corrected chi connectivity index (χ2v) is 8.87. The molecular formula is C21H18F3N5O2S. The van der Waals surface area contributed by atoms with Crippen molar-refractivity contribution in [2.45, 2.75) is 12.2 Å². The number of halogens is 3. The molecule has 2 fully saturated rings. The number of rotatable bonds is 3. The van der Waals surface area contributed by atoms with Gasteiger partial charge in [0.1, 0.15) is 6.54 Å². The van der Waals surface area contributed by atoms with E-state index in [0.29, 0.717) is 47.1 Å². The van der Waals surface area contributed by atoms with Gasteiger partial charge in [0.05, 0.1) is 16.5 Å². The SMILES string of the molecule is O=C(c1cc2ccc(C(F)(F)F)cc2s1)N1CC(N2CCN(c3ncccn3)CC2=O)C1. The molecule has 0 saturated carbocycles. The maximum atomic E-state index is 12.9. The summed E-state index contributed by atoms with van der Waals surface area (Å²) < 4.78 is 39.2. The molecule has 0 radical (unpaired) electrons. The van der Waals surface area contributed by atoms with Gasteiger partial charge in [-0.05, 0) is 29.7 Å². The predicted molar refractivity (Wildman–Crippen MR) is 112 cm³/mol. The van der Waals surface area contributed by atoms with Crippen LogP contribution in [-0.2, 0) is 11.0 Å². The van der Waals surface area contributed by atoms with E-state index < -0.39 is 11.7 Å². The molecule has 2 aromatic heterocycles. The van der Waals surface area contributed by atoms with Gasteiger partial charge in [-0.15, -0.1) is 11.3 Å². The van der Waals surface area contributed by atoms with Crippen molar-refractivity contribution in [3.8, 4) is 0 Å². The lowest BCUT2D eigenvalue weighted by Gasteiger charge is -2.47. The molecule has 1 aromatic carbocycles. The first kappa shape index (κ1) is 20.7. The molecule has 0 bridgehead atoms. The summed E-state index contributed by atoms with van der Waals surface area (Å²) in [6.45, 7) is 2.14. The van der Waals surface area contributed by atoms with Crippen molar-refractivity contribution in [1.29, 1.82) is 0 Å². The number of hydrogen-bond donors (Lipinski definition) is 0. The van der Waals surface area contributed by atoms with Gasteiger partial charge in [0.25, 0.3) is 5.91 Å². The van der Waals surface area contributed by atoms with Crippen LogP contribution in [0.4, 0.5) is 19.1 Å². The lowest BCUT2D eigenvalue weighted by molar-refractivity contribution is -0.137. The Morgan fingerprint density at radius 1 is 1.09 bits per heavy atom. The summed E-state index contributed by atoms with van der Waals surface area (Å²) in [6.07, 6.45) is -1.16. The summed E-state index contributed by atoms with van der Waals surface area (Å²) >= 11 is 1.06. The fourth-order valence-corrected chi connectivity index (χ4v) is 5.05. The molecular weight excluding hydrogens is 443 g/mol. The first-order valence-electron chi connectivity index (χ1n) is 10.0. The third-order valence-electron chi connectivity index (χ3n) is 5.74. The quantitative estimate of drug-likeness (QED) is 0.600. The zero-order chi connectivity index (χ0) is 22.5. The van der Waals surface area contributed by atoms with Crippen LogP contribution in [-0.4, -0.2) is 70.3 Å². The largest absolute Gasteiger partial charge is 0.416 e. The van der Waals surface area contributed by atoms with Crippen LogP contribution in [0.15, 0.2) is 42.7 Å². The van der Waals surface area contributed by atoms with Crippen molar-refractivity contribution in [3.63, 3.8) is 0 Å². The van der Waals surface area contributed by atoms with E-state index in [1.807, 2.05) is 4.90 Å². The predicted octanol–water partition coefficient (Wildman–Crippen LogP) is 2.88. The van der Waals surface area contributed by atoms with Crippen LogP contribution in [0, 0.1) is 0 Å². The van der Waals surface area contributed by atoms with Crippen LogP contribution in [0.25, 0.3) is 10.1 Å². The van der Waals surface area contributed by atoms with Gasteiger partial charge in [0.15, 0.2) is 0 Å². The Morgan fingerprint density at radius 2 is 1.84 bits per heavy atom. The summed E-state index contributed by atoms with van der Waals surface area (Å²) in [6, 6.07) is 6.77. The Kier molecular flexibility index (Phi) is 5.00. The molecule has 2 amide bonds. The number of piperazine rings is 1. The minimum atomic E-state index is -4.42. The van der Waals surface area contributed by atoms with Crippen molar-refractivity contribution in [2.24, 2.45) is 0 Å². The highest BCUT2D eigenvalue weighted by atomic mass is 32.1. The molecule has 32 heavy (non-hydrogen) atoms. The van der Waals surface area contributed by atoms with E-state index in [2.05, 4.69) is 9.97 Å². The van der Waals surface area contributed by atoms with Crippen LogP contribution < -0.4 is 4.90 Å². The molecule has 11 heteroatoms. The molecule has 0 aliphatic carbocycles. The minimum absolute atomic E-state index is 0.0395. The summed E-state index contributed by atoms with van der Waals surface area (Å²) in [4.78, 5) is 39.4. The van der Waals surface area contributed by atoms with Gasteiger partial charge < -0.3 is 14.7 Å². The van der Waals surface area contributed by atoms with Crippen molar-refractivity contribution in [3.05, 3.63) is 53.2 Å². The third-order valence-corrected chi connectivity index (χ3v) is 6.83. The Hall–Kier alpha value is -3.21. The van der Waals surface area contributed by atoms with Gasteiger partial charge in [-0.2, -0.15) is 13.2 Å². The Morgan fingerprint density at radius 3 is 2.53 bits per heavy atom. The summed E-state index contributed by atoms with van der Waals surface area (Å²) in [5, 5.41) is 0.609. The molecule has 166 valence electrons. The van der Waals surface area contributed by atoms with E-state index in [4.69, 9.17) is 0 Å². The van der Waals surface area contributed by atoms with Gasteiger partial charge in [0, 0.05) is 43.3 Å². The molecule has 2 saturated heterocycles. The summed E-state index contributed by atoms with van der Waals surface area (Å²) in [5.41, 5.74) is -0.728. The number of carbonyl (C=O) groups excluding carboxylic acids is 2. The Bertz CT molecular complexity index is 1180. The van der Waals surface area contributed by atoms with Gasteiger partial charge >= 0.3 is 6.18 Å². The van der Waals surface area contributed by atoms with Gasteiger partial charge in [-0.25, -0.2) is 9.97 Å². The lowest BCUT2D eigenvalue weighted by atomic mass is 10.1. The summed E-state index contributed by atoms with van der Waals surface area (Å²) in [7, 11) is 0. The highest BCUT2D eigenvalue weighted by Gasteiger charge is 2.40. The van der Waals surface area contributed by atoms with E-state index >= 15 is 0 Å². The second kappa shape index (κ2) is 7.73. The fourth-order valence-electron chi connectivity index (χ4n) is 3.98. The number of nitrogens with zero attached hydrogens (tertiary/aromatic N) is 5. The average Bonchev–Trinajstić information content (AvgIpc) is 3.17. The first-order chi connectivity index (χ1) is 15.3. The second-order valence-electron chi connectivity index (χ2n) is 7.78. The number of thiophene rings is 1. The fraction of sp³-hybridized carbons (Fsp3) is 0.333. The normalized spacial score (nSPS) is 17.7. The van der Waals surface area contributed by atoms with E-state index in [1.54, 1.807) is 34.3 Å². The number of alkyl halides is 3. The van der Waals surface area contributed by atoms with Gasteiger partial charge in [0.2, 0.25) is 11.9 Å². The van der Waals surface area contributed by atoms with Gasteiger partial charge in [-0.1, -0.05) is 6.07 Å². The lowest BCUT2D eigenvalue weighted by Crippen LogP contribution is -2.66. The number of likely N-dealkylation sites (tertiary alicyclic amines) is 1. The third kappa shape index (κ3) is 3.77. The smallest absolute Gasteiger partial charge is 0.334 e. The zero-order valence-electron chi connectivity index (χ0n) is 16.7. The maximum absolute atomic E-state index is 12.9. The van der Waals surface area contributed by atoms with Crippen LogP contribution in [0.1, 0.15) is 15.2 Å². The highest BCUT2D eigenvalue weighted by Crippen LogP contribution is 2.35. The zero-order valence-corrected chi connectivity index (χ0v) is 17.6. The number of benzene rings is 1. The van der Waals surface area contributed by atoms with Crippen molar-refractivity contribution < 1.29 is 22.8 Å². The molecule has 7 nitrogen and oxygen atoms in total. The molecule has 0 N–H and O–H groups in total. The molecule has 2 aliphatic heterocycles. The Labute approximate surface area is 185 Å². The monoisotopic (exact) mass is 461 g/mol. The van der Waals surface area contributed by atoms with Crippen LogP contribution in [0.2, 0.25) is 0 Å². The van der Waals surface area contributed by atoms with Crippen molar-refractivity contribution >= 4 is 39.2 Å². The molecule has 2 aliphatic rings. The molecule has 0 unspecified atom stereocenters. The highest BCUT2D eigenvalue weighted by molar-refractivity contribution is 7.20. The topological polar surface area (TPSA) is 69.6 Å². The van der Waals surface area contributed by atoms with E-state index in [9.17, 15) is 22.8 Å². The molecule has 4 heterocycles. The van der Waals surface area contributed by atoms with Crippen molar-refractivity contribution in [1.82, 2.24) is 19.8 Å². The standard InChI is InChI=1S/C21H18F3N5O2S/c22-21(23,24)14-3-2-13-8-17(32-16(13)9-14)19(31)28-10-15(11-28)29-7-6-27(12-18(29)30)20-25-4-1-5-26-20/h1-5,8-9,15H,6-7,10-12H2. The molecule has 0 spiro atoms. The van der Waals surface area contributed by atoms with Crippen LogP contribution in [0.3, 0.4) is 0 Å². The summed E-state index contributed by atoms with van der Waals surface area (Å²) in [5.74, 6) is 0.256. The molecule has 0 atom stereocenters. The number of aromatic nitrogens is 2. The Balaban J connectivity index is 1.21. The molecule has 3 aromatic rings. The minimum Gasteiger partial charge on any atom is -0.334 e. The number of fused-ring (bicyclic) bond motifs is 1. The maximum Gasteiger partial charge on any atom is 0.416 e. The number of carbonyl (C=O) groups is 2. The van der Waals surface area contributed by atoms with Crippen LogP contribution >= 0.6 is 11.3 Å². The number of amides is 2. The number of anilines is 1. The van der Waals surface area contributed by atoms with E-state index in [0.717, 1.165) is 23.5 Å². The van der Waals surface area contributed by atoms with Crippen molar-refractivity contribution in [2.75, 3.05) is 37.6 Å².